The molecule has 0 bridgehead atoms. The van der Waals surface area contributed by atoms with Gasteiger partial charge in [0.15, 0.2) is 0 Å². The molecule has 4 heteroatoms. The average molecular weight is 246 g/mol. The van der Waals surface area contributed by atoms with Gasteiger partial charge in [-0.2, -0.15) is 0 Å². The Morgan fingerprint density at radius 3 is 3.06 bits per heavy atom. The minimum Gasteiger partial charge on any atom is -0.354 e. The zero-order chi connectivity index (χ0) is 12.5. The first-order valence-electron chi connectivity index (χ1n) is 7.13. The fraction of sp³-hybridized carbons (Fsp3) is 0.714. The van der Waals surface area contributed by atoms with Crippen LogP contribution in [0.4, 0.5) is 5.82 Å². The van der Waals surface area contributed by atoms with E-state index >= 15 is 0 Å². The normalized spacial score (nSPS) is 26.7. The second-order valence-electron chi connectivity index (χ2n) is 5.59. The topological polar surface area (TPSA) is 55.0 Å². The number of hydrogen-bond donors (Lipinski definition) is 1. The van der Waals surface area contributed by atoms with Crippen LogP contribution in [0, 0.1) is 5.92 Å². The van der Waals surface area contributed by atoms with Gasteiger partial charge in [0.1, 0.15) is 12.1 Å². The van der Waals surface area contributed by atoms with Crippen molar-refractivity contribution < 1.29 is 0 Å². The summed E-state index contributed by atoms with van der Waals surface area (Å²) in [6.07, 6.45) is 7.63. The van der Waals surface area contributed by atoms with Crippen LogP contribution in [0.5, 0.6) is 0 Å². The minimum atomic E-state index is 0.303. The fourth-order valence-corrected chi connectivity index (χ4v) is 3.36. The number of fused-ring (bicyclic) bond motifs is 1. The highest BCUT2D eigenvalue weighted by Gasteiger charge is 2.32. The van der Waals surface area contributed by atoms with E-state index in [0.717, 1.165) is 31.7 Å². The van der Waals surface area contributed by atoms with Crippen LogP contribution in [0.2, 0.25) is 0 Å². The summed E-state index contributed by atoms with van der Waals surface area (Å²) >= 11 is 0. The van der Waals surface area contributed by atoms with Gasteiger partial charge in [0.25, 0.3) is 0 Å². The molecule has 0 amide bonds. The van der Waals surface area contributed by atoms with Gasteiger partial charge in [-0.25, -0.2) is 9.97 Å². The molecule has 18 heavy (non-hydrogen) atoms. The smallest absolute Gasteiger partial charge is 0.135 e. The van der Waals surface area contributed by atoms with E-state index in [9.17, 15) is 0 Å². The Kier molecular flexibility index (Phi) is 3.20. The molecule has 0 radical (unpaired) electrons. The monoisotopic (exact) mass is 246 g/mol. The van der Waals surface area contributed by atoms with Crippen LogP contribution in [-0.4, -0.2) is 29.1 Å². The predicted molar refractivity (Wildman–Crippen MR) is 72.6 cm³/mol. The highest BCUT2D eigenvalue weighted by molar-refractivity contribution is 5.51. The van der Waals surface area contributed by atoms with E-state index in [2.05, 4.69) is 21.8 Å². The highest BCUT2D eigenvalue weighted by Crippen LogP contribution is 2.31. The van der Waals surface area contributed by atoms with Crippen LogP contribution in [0.25, 0.3) is 0 Å². The molecule has 98 valence electrons. The van der Waals surface area contributed by atoms with Crippen molar-refractivity contribution in [1.82, 2.24) is 9.97 Å². The van der Waals surface area contributed by atoms with E-state index in [1.807, 2.05) is 0 Å². The summed E-state index contributed by atoms with van der Waals surface area (Å²) in [5, 5.41) is 0. The van der Waals surface area contributed by atoms with Crippen LogP contribution in [0.1, 0.15) is 37.4 Å². The third-order valence-electron chi connectivity index (χ3n) is 4.30. The van der Waals surface area contributed by atoms with Crippen LogP contribution in [0.3, 0.4) is 0 Å². The number of rotatable bonds is 3. The third-order valence-corrected chi connectivity index (χ3v) is 4.30. The molecule has 1 saturated heterocycles. The van der Waals surface area contributed by atoms with Crippen molar-refractivity contribution in [3.63, 3.8) is 0 Å². The number of hydrogen-bond acceptors (Lipinski definition) is 4. The summed E-state index contributed by atoms with van der Waals surface area (Å²) in [5.74, 6) is 1.79. The zero-order valence-electron chi connectivity index (χ0n) is 11.1. The number of nitrogens with two attached hydrogens (primary N) is 1. The van der Waals surface area contributed by atoms with E-state index in [1.54, 1.807) is 6.33 Å². The molecule has 0 spiro atoms. The molecule has 2 atom stereocenters. The second-order valence-corrected chi connectivity index (χ2v) is 5.59. The van der Waals surface area contributed by atoms with Crippen molar-refractivity contribution in [3.05, 3.63) is 17.6 Å². The summed E-state index contributed by atoms with van der Waals surface area (Å²) in [6.45, 7) is 4.25. The summed E-state index contributed by atoms with van der Waals surface area (Å²) < 4.78 is 0. The minimum absolute atomic E-state index is 0.303. The van der Waals surface area contributed by atoms with Gasteiger partial charge in [-0.05, 0) is 31.6 Å². The molecular formula is C14H22N4. The van der Waals surface area contributed by atoms with Crippen LogP contribution in [-0.2, 0) is 12.8 Å². The predicted octanol–water partition coefficient (Wildman–Crippen LogP) is 1.53. The van der Waals surface area contributed by atoms with E-state index < -0.39 is 0 Å². The molecule has 0 aromatic carbocycles. The Morgan fingerprint density at radius 2 is 2.22 bits per heavy atom. The van der Waals surface area contributed by atoms with E-state index in [1.165, 1.54) is 30.5 Å². The summed E-state index contributed by atoms with van der Waals surface area (Å²) in [7, 11) is 0. The molecule has 4 nitrogen and oxygen atoms in total. The molecule has 0 unspecified atom stereocenters. The van der Waals surface area contributed by atoms with Crippen molar-refractivity contribution in [1.29, 1.82) is 0 Å². The lowest BCUT2D eigenvalue weighted by Gasteiger charge is -2.19. The molecule has 2 N–H and O–H groups in total. The van der Waals surface area contributed by atoms with Crippen molar-refractivity contribution in [3.8, 4) is 0 Å². The second kappa shape index (κ2) is 4.84. The Hall–Kier alpha value is -1.16. The number of anilines is 1. The Labute approximate surface area is 109 Å². The van der Waals surface area contributed by atoms with Crippen LogP contribution in [0.15, 0.2) is 6.33 Å². The van der Waals surface area contributed by atoms with Crippen LogP contribution < -0.4 is 10.6 Å². The lowest BCUT2D eigenvalue weighted by molar-refractivity contribution is 0.472. The van der Waals surface area contributed by atoms with Gasteiger partial charge >= 0.3 is 0 Å². The van der Waals surface area contributed by atoms with Gasteiger partial charge in [0.05, 0.1) is 0 Å². The van der Waals surface area contributed by atoms with Gasteiger partial charge in [-0.15, -0.1) is 0 Å². The van der Waals surface area contributed by atoms with Gasteiger partial charge in [-0.3, -0.25) is 0 Å². The Balaban J connectivity index is 1.82. The molecule has 1 aromatic heterocycles. The molecule has 2 aliphatic rings. The number of aryl methyl sites for hydroxylation is 1. The first-order valence-corrected chi connectivity index (χ1v) is 7.13. The van der Waals surface area contributed by atoms with Crippen molar-refractivity contribution in [2.45, 2.75) is 45.1 Å². The third kappa shape index (κ3) is 1.99. The molecule has 1 aromatic rings. The first-order chi connectivity index (χ1) is 8.79. The summed E-state index contributed by atoms with van der Waals surface area (Å²) in [6, 6.07) is 0.303. The van der Waals surface area contributed by atoms with E-state index in [-0.39, 0.29) is 0 Å². The molecule has 0 saturated carbocycles. The summed E-state index contributed by atoms with van der Waals surface area (Å²) in [5.41, 5.74) is 8.89. The standard InChI is InChI=1S/C14H22N4/c1-2-4-10-7-18(8-12(10)15)14-11-5-3-6-13(11)16-9-17-14/h9-10,12H,2-8,15H2,1H3/t10-,12-/m1/s1. The number of aromatic nitrogens is 2. The zero-order valence-corrected chi connectivity index (χ0v) is 11.1. The maximum Gasteiger partial charge on any atom is 0.135 e. The van der Waals surface area contributed by atoms with Crippen molar-refractivity contribution in [2.24, 2.45) is 11.7 Å². The van der Waals surface area contributed by atoms with Gasteiger partial charge < -0.3 is 10.6 Å². The van der Waals surface area contributed by atoms with Gasteiger partial charge in [0.2, 0.25) is 0 Å². The van der Waals surface area contributed by atoms with Crippen molar-refractivity contribution >= 4 is 5.82 Å². The van der Waals surface area contributed by atoms with E-state index in [0.29, 0.717) is 12.0 Å². The average Bonchev–Trinajstić information content (AvgIpc) is 2.96. The molecular weight excluding hydrogens is 224 g/mol. The largest absolute Gasteiger partial charge is 0.354 e. The lowest BCUT2D eigenvalue weighted by Crippen LogP contribution is -2.30. The first kappa shape index (κ1) is 11.9. The number of nitrogens with zero attached hydrogens (tertiary/aromatic N) is 3. The SMILES string of the molecule is CCC[C@@H]1CN(c2ncnc3c2CCC3)C[C@H]1N. The maximum absolute atomic E-state index is 6.25. The molecule has 1 aliphatic heterocycles. The molecule has 3 rings (SSSR count). The summed E-state index contributed by atoms with van der Waals surface area (Å²) in [4.78, 5) is 11.3. The maximum atomic E-state index is 6.25. The molecule has 2 heterocycles. The van der Waals surface area contributed by atoms with Crippen molar-refractivity contribution in [2.75, 3.05) is 18.0 Å². The highest BCUT2D eigenvalue weighted by atomic mass is 15.2. The van der Waals surface area contributed by atoms with Crippen LogP contribution >= 0.6 is 0 Å². The van der Waals surface area contributed by atoms with E-state index in [4.69, 9.17) is 5.73 Å². The Bertz CT molecular complexity index is 432. The molecule has 1 fully saturated rings. The fourth-order valence-electron chi connectivity index (χ4n) is 3.36. The quantitative estimate of drug-likeness (QED) is 0.878. The lowest BCUT2D eigenvalue weighted by atomic mass is 9.99. The van der Waals surface area contributed by atoms with Gasteiger partial charge in [0, 0.05) is 30.4 Å². The Morgan fingerprint density at radius 1 is 1.33 bits per heavy atom. The molecule has 1 aliphatic carbocycles. The van der Waals surface area contributed by atoms with Gasteiger partial charge in [-0.1, -0.05) is 13.3 Å².